The Morgan fingerprint density at radius 1 is 1.41 bits per heavy atom. The van der Waals surface area contributed by atoms with Gasteiger partial charge >= 0.3 is 0 Å². The monoisotopic (exact) mass is 242 g/mol. The van der Waals surface area contributed by atoms with E-state index < -0.39 is 0 Å². The largest absolute Gasteiger partial charge is 0.395 e. The van der Waals surface area contributed by atoms with Crippen LogP contribution in [0.5, 0.6) is 0 Å². The summed E-state index contributed by atoms with van der Waals surface area (Å²) < 4.78 is 5.50. The zero-order chi connectivity index (χ0) is 12.3. The maximum absolute atomic E-state index is 9.52. The first-order chi connectivity index (χ1) is 8.22. The number of nitrogens with two attached hydrogens (primary N) is 1. The van der Waals surface area contributed by atoms with Crippen LogP contribution in [0.25, 0.3) is 0 Å². The maximum Gasteiger partial charge on any atom is 0.0601 e. The van der Waals surface area contributed by atoms with Crippen LogP contribution in [0.4, 0.5) is 0 Å². The highest BCUT2D eigenvalue weighted by molar-refractivity contribution is 4.92. The van der Waals surface area contributed by atoms with E-state index in [0.717, 1.165) is 26.2 Å². The predicted octanol–water partition coefficient (Wildman–Crippen LogP) is 0.443. The molecule has 2 rings (SSSR count). The molecule has 0 bridgehead atoms. The number of aliphatic hydroxyl groups is 1. The van der Waals surface area contributed by atoms with Gasteiger partial charge in [0.05, 0.1) is 13.2 Å². The van der Waals surface area contributed by atoms with Crippen molar-refractivity contribution in [2.75, 3.05) is 33.4 Å². The molecule has 3 N–H and O–H groups in total. The van der Waals surface area contributed by atoms with Gasteiger partial charge < -0.3 is 15.6 Å². The van der Waals surface area contributed by atoms with E-state index in [1.807, 2.05) is 0 Å². The lowest BCUT2D eigenvalue weighted by molar-refractivity contribution is 0.0262. The highest BCUT2D eigenvalue weighted by atomic mass is 16.5. The second-order valence-corrected chi connectivity index (χ2v) is 5.69. The zero-order valence-corrected chi connectivity index (χ0v) is 10.8. The average molecular weight is 242 g/mol. The third-order valence-electron chi connectivity index (χ3n) is 4.16. The van der Waals surface area contributed by atoms with Gasteiger partial charge in [0.1, 0.15) is 0 Å². The fourth-order valence-electron chi connectivity index (χ4n) is 2.84. The Morgan fingerprint density at radius 2 is 2.18 bits per heavy atom. The lowest BCUT2D eigenvalue weighted by atomic mass is 9.98. The minimum atomic E-state index is 0.115. The molecule has 4 heteroatoms. The molecule has 1 heterocycles. The molecule has 4 nitrogen and oxygen atoms in total. The molecule has 0 amide bonds. The predicted molar refractivity (Wildman–Crippen MR) is 67.7 cm³/mol. The van der Waals surface area contributed by atoms with E-state index in [0.29, 0.717) is 11.8 Å². The topological polar surface area (TPSA) is 58.7 Å². The molecule has 3 atom stereocenters. The summed E-state index contributed by atoms with van der Waals surface area (Å²) in [6.07, 6.45) is 4.87. The van der Waals surface area contributed by atoms with Crippen molar-refractivity contribution in [2.45, 2.75) is 37.8 Å². The van der Waals surface area contributed by atoms with Crippen molar-refractivity contribution in [2.24, 2.45) is 17.6 Å². The molecule has 1 saturated carbocycles. The van der Waals surface area contributed by atoms with Crippen molar-refractivity contribution in [1.82, 2.24) is 4.90 Å². The second kappa shape index (κ2) is 6.14. The van der Waals surface area contributed by atoms with Crippen LogP contribution in [0.1, 0.15) is 25.7 Å². The van der Waals surface area contributed by atoms with Crippen LogP contribution in [0.15, 0.2) is 0 Å². The molecular formula is C13H26N2O2. The Balaban J connectivity index is 1.80. The van der Waals surface area contributed by atoms with Crippen molar-refractivity contribution in [3.63, 3.8) is 0 Å². The summed E-state index contributed by atoms with van der Waals surface area (Å²) in [4.78, 5) is 2.24. The Morgan fingerprint density at radius 3 is 2.71 bits per heavy atom. The van der Waals surface area contributed by atoms with Crippen LogP contribution in [0, 0.1) is 11.8 Å². The zero-order valence-electron chi connectivity index (χ0n) is 10.8. The Kier molecular flexibility index (Phi) is 4.79. The standard InChI is InChI=1S/C13H26N2O2/c1-15(7-10-3-2-6-17-9-10)12(8-16)13(14)11-4-5-11/h10-13,16H,2-9,14H2,1H3. The van der Waals surface area contributed by atoms with E-state index in [1.165, 1.54) is 19.3 Å². The number of nitrogens with zero attached hydrogens (tertiary/aromatic N) is 1. The third-order valence-corrected chi connectivity index (χ3v) is 4.16. The van der Waals surface area contributed by atoms with E-state index in [-0.39, 0.29) is 18.7 Å². The maximum atomic E-state index is 9.52. The van der Waals surface area contributed by atoms with Crippen LogP contribution in [0.3, 0.4) is 0 Å². The summed E-state index contributed by atoms with van der Waals surface area (Å²) in [5.41, 5.74) is 6.21. The molecule has 17 heavy (non-hydrogen) atoms. The molecule has 1 aliphatic heterocycles. The van der Waals surface area contributed by atoms with Crippen molar-refractivity contribution in [3.8, 4) is 0 Å². The second-order valence-electron chi connectivity index (χ2n) is 5.69. The molecule has 0 aromatic rings. The van der Waals surface area contributed by atoms with Gasteiger partial charge in [-0.2, -0.15) is 0 Å². The SMILES string of the molecule is CN(CC1CCCOC1)C(CO)C(N)C1CC1. The summed E-state index contributed by atoms with van der Waals surface area (Å²) in [7, 11) is 2.08. The highest BCUT2D eigenvalue weighted by Gasteiger charge is 2.35. The molecule has 2 aliphatic rings. The van der Waals surface area contributed by atoms with Crippen LogP contribution >= 0.6 is 0 Å². The van der Waals surface area contributed by atoms with Gasteiger partial charge in [0.15, 0.2) is 0 Å². The van der Waals surface area contributed by atoms with Gasteiger partial charge in [-0.05, 0) is 44.6 Å². The van der Waals surface area contributed by atoms with Crippen LogP contribution < -0.4 is 5.73 Å². The first-order valence-electron chi connectivity index (χ1n) is 6.86. The molecule has 1 aliphatic carbocycles. The smallest absolute Gasteiger partial charge is 0.0601 e. The van der Waals surface area contributed by atoms with Crippen molar-refractivity contribution >= 4 is 0 Å². The van der Waals surface area contributed by atoms with Gasteiger partial charge in [-0.15, -0.1) is 0 Å². The molecule has 3 unspecified atom stereocenters. The fourth-order valence-corrected chi connectivity index (χ4v) is 2.84. The average Bonchev–Trinajstić information content (AvgIpc) is 3.15. The van der Waals surface area contributed by atoms with E-state index >= 15 is 0 Å². The van der Waals surface area contributed by atoms with E-state index in [1.54, 1.807) is 0 Å². The molecule has 2 fully saturated rings. The molecule has 1 saturated heterocycles. The molecule has 0 aromatic carbocycles. The number of aliphatic hydroxyl groups excluding tert-OH is 1. The summed E-state index contributed by atoms with van der Waals surface area (Å²) in [5.74, 6) is 1.24. The van der Waals surface area contributed by atoms with Gasteiger partial charge in [0.2, 0.25) is 0 Å². The molecule has 0 spiro atoms. The van der Waals surface area contributed by atoms with Crippen molar-refractivity contribution in [3.05, 3.63) is 0 Å². The van der Waals surface area contributed by atoms with Gasteiger partial charge in [0.25, 0.3) is 0 Å². The molecule has 100 valence electrons. The number of ether oxygens (including phenoxy) is 1. The summed E-state index contributed by atoms with van der Waals surface area (Å²) >= 11 is 0. The van der Waals surface area contributed by atoms with Gasteiger partial charge in [-0.3, -0.25) is 4.90 Å². The summed E-state index contributed by atoms with van der Waals surface area (Å²) in [6, 6.07) is 0.249. The van der Waals surface area contributed by atoms with E-state index in [9.17, 15) is 5.11 Å². The van der Waals surface area contributed by atoms with Crippen molar-refractivity contribution < 1.29 is 9.84 Å². The summed E-state index contributed by atoms with van der Waals surface area (Å²) in [5, 5.41) is 9.52. The van der Waals surface area contributed by atoms with Gasteiger partial charge in [0, 0.05) is 25.2 Å². The minimum absolute atomic E-state index is 0.115. The Labute approximate surface area is 104 Å². The Hall–Kier alpha value is -0.160. The number of likely N-dealkylation sites (N-methyl/N-ethyl adjacent to an activating group) is 1. The molecule has 0 radical (unpaired) electrons. The van der Waals surface area contributed by atoms with Crippen LogP contribution in [-0.4, -0.2) is 55.5 Å². The highest BCUT2D eigenvalue weighted by Crippen LogP contribution is 2.34. The third kappa shape index (κ3) is 3.65. The van der Waals surface area contributed by atoms with Crippen LogP contribution in [-0.2, 0) is 4.74 Å². The lowest BCUT2D eigenvalue weighted by Crippen LogP contribution is -2.51. The van der Waals surface area contributed by atoms with E-state index in [4.69, 9.17) is 10.5 Å². The molecule has 0 aromatic heterocycles. The quantitative estimate of drug-likeness (QED) is 0.710. The van der Waals surface area contributed by atoms with Crippen LogP contribution in [0.2, 0.25) is 0 Å². The normalized spacial score (nSPS) is 29.3. The minimum Gasteiger partial charge on any atom is -0.395 e. The number of hydrogen-bond donors (Lipinski definition) is 2. The number of hydrogen-bond acceptors (Lipinski definition) is 4. The Bertz CT molecular complexity index is 227. The van der Waals surface area contributed by atoms with Gasteiger partial charge in [-0.1, -0.05) is 0 Å². The van der Waals surface area contributed by atoms with Crippen molar-refractivity contribution in [1.29, 1.82) is 0 Å². The first-order valence-corrected chi connectivity index (χ1v) is 6.86. The first kappa shape index (κ1) is 13.3. The van der Waals surface area contributed by atoms with E-state index in [2.05, 4.69) is 11.9 Å². The van der Waals surface area contributed by atoms with Gasteiger partial charge in [-0.25, -0.2) is 0 Å². The number of rotatable bonds is 6. The summed E-state index contributed by atoms with van der Waals surface area (Å²) in [6.45, 7) is 2.93. The molecular weight excluding hydrogens is 216 g/mol. The fraction of sp³-hybridized carbons (Fsp3) is 1.00. The lowest BCUT2D eigenvalue weighted by Gasteiger charge is -2.35.